The topological polar surface area (TPSA) is 50.5 Å². The Hall–Kier alpha value is -1.73. The highest BCUT2D eigenvalue weighted by Crippen LogP contribution is 2.33. The summed E-state index contributed by atoms with van der Waals surface area (Å²) in [6.45, 7) is 2.81. The van der Waals surface area contributed by atoms with E-state index in [1.54, 1.807) is 34.3 Å². The summed E-state index contributed by atoms with van der Waals surface area (Å²) in [4.78, 5) is 20.4. The van der Waals surface area contributed by atoms with Crippen molar-refractivity contribution in [3.8, 4) is 0 Å². The van der Waals surface area contributed by atoms with Gasteiger partial charge in [-0.05, 0) is 46.3 Å². The van der Waals surface area contributed by atoms with Gasteiger partial charge in [-0.15, -0.1) is 11.3 Å². The zero-order valence-electron chi connectivity index (χ0n) is 11.9. The molecule has 0 bridgehead atoms. The van der Waals surface area contributed by atoms with Gasteiger partial charge in [-0.25, -0.2) is 9.50 Å². The van der Waals surface area contributed by atoms with E-state index in [4.69, 9.17) is 0 Å². The van der Waals surface area contributed by atoms with Gasteiger partial charge in [0.2, 0.25) is 0 Å². The Labute approximate surface area is 139 Å². The summed E-state index contributed by atoms with van der Waals surface area (Å²) in [5.41, 5.74) is 2.37. The van der Waals surface area contributed by atoms with Crippen molar-refractivity contribution in [1.82, 2.24) is 19.5 Å². The number of fused-ring (bicyclic) bond motifs is 2. The first-order chi connectivity index (χ1) is 10.6. The fourth-order valence-corrected chi connectivity index (χ4v) is 4.15. The standard InChI is InChI=1S/C15H13BrN4OS/c1-9-11-3-5-22-13(11)2-4-19(9)15(21)12-6-14-17-7-10(16)8-20(14)18-12/h3,5-9H,2,4H2,1H3. The van der Waals surface area contributed by atoms with E-state index in [1.165, 1.54) is 10.4 Å². The number of halogens is 1. The third-order valence-corrected chi connectivity index (χ3v) is 5.45. The second-order valence-electron chi connectivity index (χ2n) is 5.33. The zero-order chi connectivity index (χ0) is 15.3. The first kappa shape index (κ1) is 13.9. The van der Waals surface area contributed by atoms with Crippen molar-refractivity contribution in [1.29, 1.82) is 0 Å². The molecule has 1 aliphatic heterocycles. The molecule has 1 amide bonds. The Balaban J connectivity index is 1.68. The third-order valence-electron chi connectivity index (χ3n) is 4.04. The molecular formula is C15H13BrN4OS. The molecule has 0 aromatic carbocycles. The van der Waals surface area contributed by atoms with E-state index in [2.05, 4.69) is 44.4 Å². The smallest absolute Gasteiger partial charge is 0.274 e. The number of aromatic nitrogens is 3. The molecule has 4 rings (SSSR count). The monoisotopic (exact) mass is 376 g/mol. The number of carbonyl (C=O) groups excluding carboxylic acids is 1. The van der Waals surface area contributed by atoms with Crippen LogP contribution in [0.4, 0.5) is 0 Å². The van der Waals surface area contributed by atoms with E-state index < -0.39 is 0 Å². The molecule has 22 heavy (non-hydrogen) atoms. The van der Waals surface area contributed by atoms with Crippen LogP contribution in [0.5, 0.6) is 0 Å². The molecule has 0 aliphatic carbocycles. The second-order valence-corrected chi connectivity index (χ2v) is 7.24. The summed E-state index contributed by atoms with van der Waals surface area (Å²) >= 11 is 5.13. The van der Waals surface area contributed by atoms with Crippen molar-refractivity contribution < 1.29 is 4.79 Å². The van der Waals surface area contributed by atoms with Gasteiger partial charge in [0.25, 0.3) is 5.91 Å². The minimum Gasteiger partial charge on any atom is -0.330 e. The van der Waals surface area contributed by atoms with Crippen LogP contribution in [0.3, 0.4) is 0 Å². The molecule has 3 aromatic rings. The molecule has 1 aliphatic rings. The number of thiophene rings is 1. The van der Waals surface area contributed by atoms with Crippen LogP contribution in [0.25, 0.3) is 5.65 Å². The summed E-state index contributed by atoms with van der Waals surface area (Å²) in [5, 5.41) is 6.46. The summed E-state index contributed by atoms with van der Waals surface area (Å²) in [6.07, 6.45) is 4.42. The average Bonchev–Trinajstić information content (AvgIpc) is 3.12. The lowest BCUT2D eigenvalue weighted by Crippen LogP contribution is -2.38. The molecule has 0 spiro atoms. The molecule has 3 aromatic heterocycles. The molecule has 7 heteroatoms. The first-order valence-electron chi connectivity index (χ1n) is 7.01. The molecule has 1 unspecified atom stereocenters. The van der Waals surface area contributed by atoms with Crippen molar-refractivity contribution in [3.63, 3.8) is 0 Å². The summed E-state index contributed by atoms with van der Waals surface area (Å²) < 4.78 is 2.46. The Morgan fingerprint density at radius 1 is 1.50 bits per heavy atom. The molecule has 0 fully saturated rings. The molecule has 0 saturated heterocycles. The number of carbonyl (C=O) groups is 1. The Morgan fingerprint density at radius 2 is 2.36 bits per heavy atom. The number of nitrogens with zero attached hydrogens (tertiary/aromatic N) is 4. The Kier molecular flexibility index (Phi) is 3.27. The van der Waals surface area contributed by atoms with E-state index in [0.717, 1.165) is 17.4 Å². The molecule has 0 radical (unpaired) electrons. The highest BCUT2D eigenvalue weighted by molar-refractivity contribution is 9.10. The van der Waals surface area contributed by atoms with Crippen molar-refractivity contribution >= 4 is 38.8 Å². The van der Waals surface area contributed by atoms with Gasteiger partial charge in [0.15, 0.2) is 11.3 Å². The lowest BCUT2D eigenvalue weighted by atomic mass is 10.0. The highest BCUT2D eigenvalue weighted by atomic mass is 79.9. The Bertz CT molecular complexity index is 871. The largest absolute Gasteiger partial charge is 0.330 e. The van der Waals surface area contributed by atoms with Crippen LogP contribution in [0.2, 0.25) is 0 Å². The fourth-order valence-electron chi connectivity index (χ4n) is 2.89. The predicted octanol–water partition coefficient (Wildman–Crippen LogP) is 3.31. The van der Waals surface area contributed by atoms with Crippen LogP contribution in [-0.4, -0.2) is 31.9 Å². The lowest BCUT2D eigenvalue weighted by Gasteiger charge is -2.33. The van der Waals surface area contributed by atoms with Crippen LogP contribution >= 0.6 is 27.3 Å². The fraction of sp³-hybridized carbons (Fsp3) is 0.267. The lowest BCUT2D eigenvalue weighted by molar-refractivity contribution is 0.0673. The zero-order valence-corrected chi connectivity index (χ0v) is 14.3. The summed E-state index contributed by atoms with van der Waals surface area (Å²) in [6, 6.07) is 3.95. The number of hydrogen-bond donors (Lipinski definition) is 0. The van der Waals surface area contributed by atoms with Gasteiger partial charge >= 0.3 is 0 Å². The van der Waals surface area contributed by atoms with Gasteiger partial charge in [0.05, 0.1) is 10.5 Å². The average molecular weight is 377 g/mol. The van der Waals surface area contributed by atoms with Crippen molar-refractivity contribution in [2.45, 2.75) is 19.4 Å². The van der Waals surface area contributed by atoms with E-state index in [-0.39, 0.29) is 11.9 Å². The molecule has 0 saturated carbocycles. The summed E-state index contributed by atoms with van der Waals surface area (Å²) in [5.74, 6) is -0.0361. The van der Waals surface area contributed by atoms with Crippen molar-refractivity contribution in [3.05, 3.63) is 50.5 Å². The molecular weight excluding hydrogens is 364 g/mol. The maximum atomic E-state index is 12.8. The van der Waals surface area contributed by atoms with Gasteiger partial charge in [-0.2, -0.15) is 5.10 Å². The maximum absolute atomic E-state index is 12.8. The van der Waals surface area contributed by atoms with E-state index >= 15 is 0 Å². The van der Waals surface area contributed by atoms with Crippen LogP contribution in [-0.2, 0) is 6.42 Å². The van der Waals surface area contributed by atoms with Gasteiger partial charge in [-0.1, -0.05) is 0 Å². The summed E-state index contributed by atoms with van der Waals surface area (Å²) in [7, 11) is 0. The van der Waals surface area contributed by atoms with Crippen LogP contribution in [0, 0.1) is 0 Å². The van der Waals surface area contributed by atoms with Crippen molar-refractivity contribution in [2.75, 3.05) is 6.54 Å². The minimum atomic E-state index is -0.0361. The maximum Gasteiger partial charge on any atom is 0.274 e. The molecule has 5 nitrogen and oxygen atoms in total. The van der Waals surface area contributed by atoms with Gasteiger partial charge in [0, 0.05) is 29.9 Å². The quantitative estimate of drug-likeness (QED) is 0.654. The van der Waals surface area contributed by atoms with E-state index in [9.17, 15) is 4.79 Å². The number of amides is 1. The van der Waals surface area contributed by atoms with Gasteiger partial charge < -0.3 is 4.90 Å². The third kappa shape index (κ3) is 2.16. The van der Waals surface area contributed by atoms with Gasteiger partial charge in [-0.3, -0.25) is 4.79 Å². The minimum absolute atomic E-state index is 0.0361. The van der Waals surface area contributed by atoms with Crippen LogP contribution in [0.1, 0.15) is 33.9 Å². The highest BCUT2D eigenvalue weighted by Gasteiger charge is 2.30. The predicted molar refractivity (Wildman–Crippen MR) is 88.2 cm³/mol. The van der Waals surface area contributed by atoms with E-state index in [1.807, 2.05) is 4.90 Å². The number of hydrogen-bond acceptors (Lipinski definition) is 4. The van der Waals surface area contributed by atoms with Gasteiger partial charge in [0.1, 0.15) is 0 Å². The first-order valence-corrected chi connectivity index (χ1v) is 8.69. The number of rotatable bonds is 1. The van der Waals surface area contributed by atoms with Crippen molar-refractivity contribution in [2.24, 2.45) is 0 Å². The molecule has 112 valence electrons. The second kappa shape index (κ2) is 5.17. The van der Waals surface area contributed by atoms with Crippen LogP contribution in [0.15, 0.2) is 34.4 Å². The SMILES string of the molecule is CC1c2ccsc2CCN1C(=O)c1cc2ncc(Br)cn2n1. The molecule has 1 atom stereocenters. The molecule has 0 N–H and O–H groups in total. The Morgan fingerprint density at radius 3 is 3.23 bits per heavy atom. The van der Waals surface area contributed by atoms with Crippen LogP contribution < -0.4 is 0 Å². The van der Waals surface area contributed by atoms with E-state index in [0.29, 0.717) is 11.3 Å². The normalized spacial score (nSPS) is 17.7. The molecule has 4 heterocycles.